The van der Waals surface area contributed by atoms with E-state index in [2.05, 4.69) is 10.7 Å². The largest absolute Gasteiger partial charge is 0.459 e. The molecule has 4 nitrogen and oxygen atoms in total. The number of carbonyl (C=O) groups is 1. The molecule has 0 saturated heterocycles. The molecule has 4 fully saturated rings. The van der Waals surface area contributed by atoms with Gasteiger partial charge >= 0.3 is 0 Å². The maximum Gasteiger partial charge on any atom is 0.293 e. The molecule has 1 amide bonds. The number of thiazole rings is 1. The van der Waals surface area contributed by atoms with Crippen LogP contribution >= 0.6 is 22.9 Å². The number of aromatic nitrogens is 1. The minimum atomic E-state index is -0.250. The number of rotatable bonds is 3. The zero-order valence-electron chi connectivity index (χ0n) is 13.3. The van der Waals surface area contributed by atoms with Crippen molar-refractivity contribution in [3.05, 3.63) is 35.2 Å². The van der Waals surface area contributed by atoms with Crippen LogP contribution in [0.1, 0.15) is 54.8 Å². The molecule has 0 aromatic carbocycles. The van der Waals surface area contributed by atoms with E-state index in [-0.39, 0.29) is 16.2 Å². The Labute approximate surface area is 149 Å². The molecule has 0 radical (unpaired) electrons. The molecule has 4 bridgehead atoms. The van der Waals surface area contributed by atoms with Gasteiger partial charge < -0.3 is 4.42 Å². The number of hydrogen-bond acceptors (Lipinski definition) is 4. The first-order chi connectivity index (χ1) is 11.5. The number of anilines is 1. The SMILES string of the molecule is O=C(Nc1nc(C23CC4CC(CC(Cl)(C4)C2)C3)cs1)c1ccco1. The lowest BCUT2D eigenvalue weighted by Gasteiger charge is -2.59. The summed E-state index contributed by atoms with van der Waals surface area (Å²) >= 11 is 8.42. The van der Waals surface area contributed by atoms with Crippen LogP contribution in [0.4, 0.5) is 5.13 Å². The fourth-order valence-electron chi connectivity index (χ4n) is 5.59. The molecule has 4 aliphatic carbocycles. The van der Waals surface area contributed by atoms with E-state index < -0.39 is 0 Å². The lowest BCUT2D eigenvalue weighted by atomic mass is 9.48. The molecule has 2 atom stereocenters. The molecule has 1 N–H and O–H groups in total. The number of carbonyl (C=O) groups excluding carboxylic acids is 1. The summed E-state index contributed by atoms with van der Waals surface area (Å²) in [6.07, 6.45) is 8.60. The molecule has 2 aromatic rings. The minimum Gasteiger partial charge on any atom is -0.459 e. The van der Waals surface area contributed by atoms with E-state index in [9.17, 15) is 4.79 Å². The molecule has 2 aromatic heterocycles. The van der Waals surface area contributed by atoms with Crippen LogP contribution in [0.25, 0.3) is 0 Å². The third-order valence-corrected chi connectivity index (χ3v) is 7.20. The Morgan fingerprint density at radius 2 is 2.12 bits per heavy atom. The first-order valence-electron chi connectivity index (χ1n) is 8.53. The van der Waals surface area contributed by atoms with Gasteiger partial charge in [-0.25, -0.2) is 4.98 Å². The molecular formula is C18H19ClN2O2S. The first-order valence-corrected chi connectivity index (χ1v) is 9.79. The summed E-state index contributed by atoms with van der Waals surface area (Å²) in [6.45, 7) is 0. The fraction of sp³-hybridized carbons (Fsp3) is 0.556. The lowest BCUT2D eigenvalue weighted by Crippen LogP contribution is -2.55. The molecule has 4 saturated carbocycles. The summed E-state index contributed by atoms with van der Waals surface area (Å²) in [5.41, 5.74) is 1.25. The molecule has 2 heterocycles. The summed E-state index contributed by atoms with van der Waals surface area (Å²) in [4.78, 5) is 16.9. The second kappa shape index (κ2) is 5.09. The van der Waals surface area contributed by atoms with Gasteiger partial charge in [0.2, 0.25) is 0 Å². The van der Waals surface area contributed by atoms with Gasteiger partial charge in [0, 0.05) is 15.7 Å². The highest BCUT2D eigenvalue weighted by molar-refractivity contribution is 7.14. The summed E-state index contributed by atoms with van der Waals surface area (Å²) < 4.78 is 5.14. The van der Waals surface area contributed by atoms with Gasteiger partial charge in [-0.05, 0) is 62.5 Å². The number of amides is 1. The van der Waals surface area contributed by atoms with Gasteiger partial charge in [-0.15, -0.1) is 22.9 Å². The van der Waals surface area contributed by atoms with Crippen molar-refractivity contribution < 1.29 is 9.21 Å². The fourth-order valence-corrected chi connectivity index (χ4v) is 7.11. The van der Waals surface area contributed by atoms with Crippen molar-refractivity contribution in [1.82, 2.24) is 4.98 Å². The predicted molar refractivity (Wildman–Crippen MR) is 93.7 cm³/mol. The number of nitrogens with one attached hydrogen (secondary N) is 1. The normalized spacial score (nSPS) is 36.9. The quantitative estimate of drug-likeness (QED) is 0.796. The maximum absolute atomic E-state index is 12.1. The topological polar surface area (TPSA) is 55.1 Å². The lowest BCUT2D eigenvalue weighted by molar-refractivity contribution is 0.00720. The molecule has 24 heavy (non-hydrogen) atoms. The van der Waals surface area contributed by atoms with E-state index in [1.807, 2.05) is 0 Å². The first kappa shape index (κ1) is 15.0. The molecule has 4 aliphatic rings. The average Bonchev–Trinajstić information content (AvgIpc) is 3.16. The van der Waals surface area contributed by atoms with Gasteiger partial charge in [0.15, 0.2) is 10.9 Å². The van der Waals surface area contributed by atoms with Crippen LogP contribution in [0.2, 0.25) is 0 Å². The average molecular weight is 363 g/mol. The van der Waals surface area contributed by atoms with Gasteiger partial charge in [-0.3, -0.25) is 10.1 Å². The van der Waals surface area contributed by atoms with Gasteiger partial charge in [-0.1, -0.05) is 0 Å². The molecule has 0 aliphatic heterocycles. The van der Waals surface area contributed by atoms with Crippen LogP contribution < -0.4 is 5.32 Å². The van der Waals surface area contributed by atoms with Crippen molar-refractivity contribution >= 4 is 34.0 Å². The molecule has 6 rings (SSSR count). The van der Waals surface area contributed by atoms with Gasteiger partial charge in [0.25, 0.3) is 5.91 Å². The van der Waals surface area contributed by atoms with E-state index in [1.165, 1.54) is 49.7 Å². The molecule has 2 unspecified atom stereocenters. The van der Waals surface area contributed by atoms with Crippen LogP contribution in [-0.2, 0) is 5.41 Å². The molecular weight excluding hydrogens is 344 g/mol. The summed E-state index contributed by atoms with van der Waals surface area (Å²) in [5.74, 6) is 1.54. The number of nitrogens with zero attached hydrogens (tertiary/aromatic N) is 1. The van der Waals surface area contributed by atoms with Crippen molar-refractivity contribution in [2.24, 2.45) is 11.8 Å². The van der Waals surface area contributed by atoms with E-state index in [0.717, 1.165) is 24.0 Å². The van der Waals surface area contributed by atoms with Crippen LogP contribution in [0.15, 0.2) is 28.2 Å². The smallest absolute Gasteiger partial charge is 0.293 e. The highest BCUT2D eigenvalue weighted by Crippen LogP contribution is 2.64. The highest BCUT2D eigenvalue weighted by Gasteiger charge is 2.58. The second-order valence-electron chi connectivity index (χ2n) is 7.86. The Morgan fingerprint density at radius 1 is 1.33 bits per heavy atom. The van der Waals surface area contributed by atoms with Gasteiger partial charge in [0.1, 0.15) is 0 Å². The van der Waals surface area contributed by atoms with Gasteiger partial charge in [0.05, 0.1) is 12.0 Å². The highest BCUT2D eigenvalue weighted by atomic mass is 35.5. The van der Waals surface area contributed by atoms with Crippen LogP contribution in [-0.4, -0.2) is 15.8 Å². The van der Waals surface area contributed by atoms with E-state index >= 15 is 0 Å². The standard InChI is InChI=1S/C18H19ClN2O2S/c19-18-7-11-4-12(8-18)6-17(5-11,10-18)14-9-24-16(20-14)21-15(22)13-2-1-3-23-13/h1-3,9,11-12H,4-8,10H2,(H,20,21,22). The van der Waals surface area contributed by atoms with E-state index in [4.69, 9.17) is 21.0 Å². The summed E-state index contributed by atoms with van der Waals surface area (Å²) in [5, 5.41) is 5.61. The van der Waals surface area contributed by atoms with Crippen molar-refractivity contribution in [3.8, 4) is 0 Å². The molecule has 126 valence electrons. The predicted octanol–water partition coefficient (Wildman–Crippen LogP) is 4.82. The molecule has 6 heteroatoms. The van der Waals surface area contributed by atoms with Gasteiger partial charge in [-0.2, -0.15) is 0 Å². The zero-order chi connectivity index (χ0) is 16.4. The van der Waals surface area contributed by atoms with Crippen molar-refractivity contribution in [2.75, 3.05) is 5.32 Å². The Morgan fingerprint density at radius 3 is 2.79 bits per heavy atom. The maximum atomic E-state index is 12.1. The van der Waals surface area contributed by atoms with Crippen LogP contribution in [0.5, 0.6) is 0 Å². The van der Waals surface area contributed by atoms with Crippen LogP contribution in [0, 0.1) is 11.8 Å². The van der Waals surface area contributed by atoms with Crippen LogP contribution in [0.3, 0.4) is 0 Å². The number of furan rings is 1. The molecule has 0 spiro atoms. The monoisotopic (exact) mass is 362 g/mol. The number of alkyl halides is 1. The third-order valence-electron chi connectivity index (χ3n) is 6.00. The summed E-state index contributed by atoms with van der Waals surface area (Å²) in [7, 11) is 0. The second-order valence-corrected chi connectivity index (χ2v) is 9.52. The Kier molecular flexibility index (Phi) is 3.17. The number of hydrogen-bond donors (Lipinski definition) is 1. The Bertz CT molecular complexity index is 771. The Hall–Kier alpha value is -1.33. The zero-order valence-corrected chi connectivity index (χ0v) is 14.8. The summed E-state index contributed by atoms with van der Waals surface area (Å²) in [6, 6.07) is 3.36. The van der Waals surface area contributed by atoms with E-state index in [1.54, 1.807) is 12.1 Å². The third kappa shape index (κ3) is 2.32. The Balaban J connectivity index is 1.40. The minimum absolute atomic E-state index is 0.0225. The number of halogens is 1. The van der Waals surface area contributed by atoms with Crippen molar-refractivity contribution in [2.45, 2.75) is 48.8 Å². The van der Waals surface area contributed by atoms with E-state index in [0.29, 0.717) is 10.9 Å². The van der Waals surface area contributed by atoms with Crippen molar-refractivity contribution in [1.29, 1.82) is 0 Å². The van der Waals surface area contributed by atoms with Crippen molar-refractivity contribution in [3.63, 3.8) is 0 Å².